The van der Waals surface area contributed by atoms with Gasteiger partial charge in [-0.25, -0.2) is 8.42 Å². The first-order valence-corrected chi connectivity index (χ1v) is 10.4. The van der Waals surface area contributed by atoms with Crippen molar-refractivity contribution in [2.45, 2.75) is 24.2 Å². The number of amides is 1. The maximum atomic E-state index is 13.0. The lowest BCUT2D eigenvalue weighted by atomic mass is 10.1. The molecule has 1 fully saturated rings. The van der Waals surface area contributed by atoms with Crippen LogP contribution < -0.4 is 0 Å². The Kier molecular flexibility index (Phi) is 4.36. The van der Waals surface area contributed by atoms with Crippen LogP contribution in [-0.4, -0.2) is 54.3 Å². The minimum Gasteiger partial charge on any atom is -0.356 e. The molecule has 2 aliphatic rings. The molecule has 1 amide bonds. The van der Waals surface area contributed by atoms with Crippen LogP contribution in [0.25, 0.3) is 0 Å². The molecule has 1 saturated heterocycles. The molecule has 2 aromatic rings. The maximum Gasteiger partial charge on any atom is 0.255 e. The number of benzene rings is 1. The molecule has 0 spiro atoms. The van der Waals surface area contributed by atoms with E-state index in [1.165, 1.54) is 9.87 Å². The zero-order valence-corrected chi connectivity index (χ0v) is 15.7. The molecule has 4 rings (SSSR count). The molecule has 6 nitrogen and oxygen atoms in total. The predicted molar refractivity (Wildman–Crippen MR) is 98.5 cm³/mol. The van der Waals surface area contributed by atoms with Crippen molar-refractivity contribution < 1.29 is 13.2 Å². The lowest BCUT2D eigenvalue weighted by Crippen LogP contribution is -2.50. The number of aromatic nitrogens is 1. The normalized spacial score (nSPS) is 18.1. The number of aryl methyl sites for hydroxylation is 3. The largest absolute Gasteiger partial charge is 0.356 e. The summed E-state index contributed by atoms with van der Waals surface area (Å²) in [6.07, 6.45) is 6.71. The number of rotatable bonds is 3. The van der Waals surface area contributed by atoms with Crippen LogP contribution in [0, 0.1) is 0 Å². The highest BCUT2D eigenvalue weighted by Crippen LogP contribution is 2.26. The summed E-state index contributed by atoms with van der Waals surface area (Å²) in [7, 11) is -1.63. The highest BCUT2D eigenvalue weighted by Gasteiger charge is 2.31. The molecule has 1 aromatic carbocycles. The van der Waals surface area contributed by atoms with E-state index in [9.17, 15) is 13.2 Å². The SMILES string of the molecule is Cn1ccc(C(=O)N2CCN(S(=O)(=O)c3ccc4c(c3)CCC4)CC2)c1. The number of fused-ring (bicyclic) bond motifs is 1. The van der Waals surface area contributed by atoms with E-state index in [1.54, 1.807) is 23.2 Å². The summed E-state index contributed by atoms with van der Waals surface area (Å²) in [4.78, 5) is 14.6. The van der Waals surface area contributed by atoms with Crippen LogP contribution in [-0.2, 0) is 29.9 Å². The Balaban J connectivity index is 1.46. The molecule has 1 aliphatic heterocycles. The summed E-state index contributed by atoms with van der Waals surface area (Å²) in [6.45, 7) is 1.49. The fourth-order valence-corrected chi connectivity index (χ4v) is 5.28. The Morgan fingerprint density at radius 2 is 1.73 bits per heavy atom. The molecule has 26 heavy (non-hydrogen) atoms. The minimum atomic E-state index is -3.50. The van der Waals surface area contributed by atoms with Gasteiger partial charge in [-0.15, -0.1) is 0 Å². The Morgan fingerprint density at radius 3 is 2.42 bits per heavy atom. The van der Waals surface area contributed by atoms with Crippen LogP contribution in [0.4, 0.5) is 0 Å². The van der Waals surface area contributed by atoms with Crippen LogP contribution in [0.15, 0.2) is 41.6 Å². The van der Waals surface area contributed by atoms with Gasteiger partial charge in [-0.2, -0.15) is 4.31 Å². The zero-order valence-electron chi connectivity index (χ0n) is 14.9. The second kappa shape index (κ2) is 6.55. The average molecular weight is 373 g/mol. The van der Waals surface area contributed by atoms with Crippen molar-refractivity contribution in [1.29, 1.82) is 0 Å². The predicted octanol–water partition coefficient (Wildman–Crippen LogP) is 1.66. The molecule has 138 valence electrons. The van der Waals surface area contributed by atoms with E-state index < -0.39 is 10.0 Å². The molecular formula is C19H23N3O3S. The molecule has 0 unspecified atom stereocenters. The quantitative estimate of drug-likeness (QED) is 0.822. The standard InChI is InChI=1S/C19H23N3O3S/c1-20-8-7-17(14-20)19(23)21-9-11-22(12-10-21)26(24,25)18-6-5-15-3-2-4-16(15)13-18/h5-8,13-14H,2-4,9-12H2,1H3. The van der Waals surface area contributed by atoms with Gasteiger partial charge >= 0.3 is 0 Å². The summed E-state index contributed by atoms with van der Waals surface area (Å²) >= 11 is 0. The van der Waals surface area contributed by atoms with Gasteiger partial charge in [-0.1, -0.05) is 6.07 Å². The van der Waals surface area contributed by atoms with Gasteiger partial charge in [0.05, 0.1) is 10.5 Å². The van der Waals surface area contributed by atoms with E-state index in [0.717, 1.165) is 24.8 Å². The van der Waals surface area contributed by atoms with E-state index in [-0.39, 0.29) is 5.91 Å². The fourth-order valence-electron chi connectivity index (χ4n) is 3.80. The van der Waals surface area contributed by atoms with E-state index in [4.69, 9.17) is 0 Å². The number of sulfonamides is 1. The van der Waals surface area contributed by atoms with E-state index in [2.05, 4.69) is 0 Å². The van der Waals surface area contributed by atoms with Crippen molar-refractivity contribution >= 4 is 15.9 Å². The number of hydrogen-bond acceptors (Lipinski definition) is 3. The second-order valence-electron chi connectivity index (χ2n) is 7.05. The minimum absolute atomic E-state index is 0.0415. The summed E-state index contributed by atoms with van der Waals surface area (Å²) in [6, 6.07) is 7.29. The lowest BCUT2D eigenvalue weighted by Gasteiger charge is -2.34. The molecule has 0 saturated carbocycles. The Labute approximate surface area is 154 Å². The summed E-state index contributed by atoms with van der Waals surface area (Å²) in [5.74, 6) is -0.0415. The molecule has 2 heterocycles. The van der Waals surface area contributed by atoms with Crippen LogP contribution in [0.1, 0.15) is 27.9 Å². The van der Waals surface area contributed by atoms with E-state index in [1.807, 2.05) is 29.9 Å². The first-order chi connectivity index (χ1) is 12.4. The maximum absolute atomic E-state index is 13.0. The second-order valence-corrected chi connectivity index (χ2v) is 8.98. The fraction of sp³-hybridized carbons (Fsp3) is 0.421. The van der Waals surface area contributed by atoms with Crippen LogP contribution >= 0.6 is 0 Å². The van der Waals surface area contributed by atoms with Crippen molar-refractivity contribution in [3.8, 4) is 0 Å². The van der Waals surface area contributed by atoms with Gasteiger partial charge in [0.1, 0.15) is 0 Å². The number of piperazine rings is 1. The summed E-state index contributed by atoms with van der Waals surface area (Å²) in [5, 5.41) is 0. The smallest absolute Gasteiger partial charge is 0.255 e. The third kappa shape index (κ3) is 3.05. The van der Waals surface area contributed by atoms with E-state index >= 15 is 0 Å². The van der Waals surface area contributed by atoms with E-state index in [0.29, 0.717) is 36.6 Å². The lowest BCUT2D eigenvalue weighted by molar-refractivity contribution is 0.0698. The zero-order chi connectivity index (χ0) is 18.3. The van der Waals surface area contributed by atoms with Gasteiger partial charge in [0.2, 0.25) is 10.0 Å². The Morgan fingerprint density at radius 1 is 1.00 bits per heavy atom. The van der Waals surface area contributed by atoms with Crippen molar-refractivity contribution in [2.75, 3.05) is 26.2 Å². The molecule has 1 aliphatic carbocycles. The van der Waals surface area contributed by atoms with Gasteiger partial charge < -0.3 is 9.47 Å². The van der Waals surface area contributed by atoms with Gasteiger partial charge in [0.15, 0.2) is 0 Å². The Bertz CT molecular complexity index is 941. The molecule has 0 atom stereocenters. The third-order valence-electron chi connectivity index (χ3n) is 5.31. The highest BCUT2D eigenvalue weighted by molar-refractivity contribution is 7.89. The van der Waals surface area contributed by atoms with Crippen LogP contribution in [0.3, 0.4) is 0 Å². The third-order valence-corrected chi connectivity index (χ3v) is 7.21. The average Bonchev–Trinajstić information content (AvgIpc) is 3.29. The monoisotopic (exact) mass is 373 g/mol. The first kappa shape index (κ1) is 17.3. The van der Waals surface area contributed by atoms with Crippen molar-refractivity contribution in [3.05, 3.63) is 53.3 Å². The molecule has 0 radical (unpaired) electrons. The summed E-state index contributed by atoms with van der Waals surface area (Å²) < 4.78 is 29.2. The van der Waals surface area contributed by atoms with Crippen molar-refractivity contribution in [1.82, 2.24) is 13.8 Å². The van der Waals surface area contributed by atoms with Gasteiger partial charge in [-0.3, -0.25) is 4.79 Å². The van der Waals surface area contributed by atoms with Crippen LogP contribution in [0.5, 0.6) is 0 Å². The number of carbonyl (C=O) groups excluding carboxylic acids is 1. The van der Waals surface area contributed by atoms with Crippen LogP contribution in [0.2, 0.25) is 0 Å². The van der Waals surface area contributed by atoms with Gasteiger partial charge in [0.25, 0.3) is 5.91 Å². The number of carbonyl (C=O) groups is 1. The molecule has 0 N–H and O–H groups in total. The van der Waals surface area contributed by atoms with Crippen molar-refractivity contribution in [2.24, 2.45) is 7.05 Å². The highest BCUT2D eigenvalue weighted by atomic mass is 32.2. The van der Waals surface area contributed by atoms with Gasteiger partial charge in [-0.05, 0) is 48.6 Å². The van der Waals surface area contributed by atoms with Crippen molar-refractivity contribution in [3.63, 3.8) is 0 Å². The summed E-state index contributed by atoms with van der Waals surface area (Å²) in [5.41, 5.74) is 3.06. The van der Waals surface area contributed by atoms with Gasteiger partial charge in [0, 0.05) is 45.6 Å². The Hall–Kier alpha value is -2.12. The number of nitrogens with zero attached hydrogens (tertiary/aromatic N) is 3. The molecule has 7 heteroatoms. The topological polar surface area (TPSA) is 62.6 Å². The molecule has 0 bridgehead atoms. The number of hydrogen-bond donors (Lipinski definition) is 0. The molecular weight excluding hydrogens is 350 g/mol. The molecule has 1 aromatic heterocycles. The first-order valence-electron chi connectivity index (χ1n) is 8.98.